The average Bonchev–Trinajstić information content (AvgIpc) is 3.33. The molecule has 1 unspecified atom stereocenters. The van der Waals surface area contributed by atoms with Crippen molar-refractivity contribution < 1.29 is 13.6 Å². The summed E-state index contributed by atoms with van der Waals surface area (Å²) in [7, 11) is 0. The Balaban J connectivity index is 1.46. The molecule has 1 aliphatic rings. The number of rotatable bonds is 3. The lowest BCUT2D eigenvalue weighted by molar-refractivity contribution is 0.0929. The lowest BCUT2D eigenvalue weighted by Gasteiger charge is -2.24. The number of para-hydroxylation sites is 1. The molecule has 1 atom stereocenters. The zero-order chi connectivity index (χ0) is 20.0. The Morgan fingerprint density at radius 1 is 1.21 bits per heavy atom. The maximum Gasteiger partial charge on any atom is 0.272 e. The number of hydrogen-bond donors (Lipinski definition) is 2. The van der Waals surface area contributed by atoms with Crippen LogP contribution in [-0.2, 0) is 6.42 Å². The topological polar surface area (TPSA) is 75.6 Å². The van der Waals surface area contributed by atoms with E-state index in [2.05, 4.69) is 20.6 Å². The quantitative estimate of drug-likeness (QED) is 0.555. The van der Waals surface area contributed by atoms with E-state index in [0.717, 1.165) is 41.1 Å². The van der Waals surface area contributed by atoms with Gasteiger partial charge in [0.15, 0.2) is 11.5 Å². The van der Waals surface area contributed by atoms with Crippen LogP contribution in [0.25, 0.3) is 16.6 Å². The van der Waals surface area contributed by atoms with Gasteiger partial charge in [-0.15, -0.1) is 0 Å². The summed E-state index contributed by atoms with van der Waals surface area (Å²) in [4.78, 5) is 12.8. The van der Waals surface area contributed by atoms with Crippen LogP contribution in [0.1, 0.15) is 40.6 Å². The van der Waals surface area contributed by atoms with Crippen molar-refractivity contribution in [3.63, 3.8) is 0 Å². The number of carbonyl (C=O) groups is 1. The third-order valence-corrected chi connectivity index (χ3v) is 5.31. The summed E-state index contributed by atoms with van der Waals surface area (Å²) in [5.41, 5.74) is 2.98. The van der Waals surface area contributed by atoms with Crippen LogP contribution in [0.3, 0.4) is 0 Å². The number of carbonyl (C=O) groups excluding carboxylic acids is 1. The molecule has 0 spiro atoms. The van der Waals surface area contributed by atoms with Gasteiger partial charge >= 0.3 is 0 Å². The molecule has 0 bridgehead atoms. The number of benzene rings is 2. The Morgan fingerprint density at radius 2 is 2.07 bits per heavy atom. The van der Waals surface area contributed by atoms with Crippen LogP contribution in [0.4, 0.5) is 8.78 Å². The smallest absolute Gasteiger partial charge is 0.272 e. The average molecular weight is 393 g/mol. The van der Waals surface area contributed by atoms with Crippen molar-refractivity contribution in [1.82, 2.24) is 25.3 Å². The summed E-state index contributed by atoms with van der Waals surface area (Å²) in [6.07, 6.45) is 3.90. The predicted octanol–water partition coefficient (Wildman–Crippen LogP) is 3.83. The maximum atomic E-state index is 14.2. The zero-order valence-corrected chi connectivity index (χ0v) is 15.3. The van der Waals surface area contributed by atoms with Crippen molar-refractivity contribution in [2.75, 3.05) is 0 Å². The van der Waals surface area contributed by atoms with E-state index in [4.69, 9.17) is 0 Å². The molecular weight excluding hydrogens is 376 g/mol. The molecule has 29 heavy (non-hydrogen) atoms. The lowest BCUT2D eigenvalue weighted by Crippen LogP contribution is -2.31. The highest BCUT2D eigenvalue weighted by atomic mass is 19.1. The number of amides is 1. The van der Waals surface area contributed by atoms with Gasteiger partial charge in [-0.05, 0) is 37.5 Å². The monoisotopic (exact) mass is 393 g/mol. The Hall–Kier alpha value is -3.55. The van der Waals surface area contributed by atoms with Gasteiger partial charge in [0.25, 0.3) is 5.91 Å². The molecule has 0 radical (unpaired) electrons. The largest absolute Gasteiger partial charge is 0.344 e. The van der Waals surface area contributed by atoms with Crippen molar-refractivity contribution in [2.45, 2.75) is 25.3 Å². The van der Waals surface area contributed by atoms with Crippen molar-refractivity contribution >= 4 is 16.8 Å². The number of H-pyrrole nitrogens is 1. The first-order chi connectivity index (χ1) is 14.1. The minimum Gasteiger partial charge on any atom is -0.344 e. The minimum absolute atomic E-state index is 0.193. The van der Waals surface area contributed by atoms with Gasteiger partial charge in [0.2, 0.25) is 0 Å². The molecule has 2 N–H and O–H groups in total. The predicted molar refractivity (Wildman–Crippen MR) is 103 cm³/mol. The van der Waals surface area contributed by atoms with Gasteiger partial charge in [0.1, 0.15) is 11.5 Å². The molecule has 2 aromatic carbocycles. The van der Waals surface area contributed by atoms with Gasteiger partial charge in [0.05, 0.1) is 17.8 Å². The second-order valence-corrected chi connectivity index (χ2v) is 7.09. The van der Waals surface area contributed by atoms with Gasteiger partial charge in [-0.1, -0.05) is 18.2 Å². The summed E-state index contributed by atoms with van der Waals surface area (Å²) in [5.74, 6) is -1.59. The van der Waals surface area contributed by atoms with E-state index in [-0.39, 0.29) is 17.6 Å². The first-order valence-electron chi connectivity index (χ1n) is 9.38. The first kappa shape index (κ1) is 17.5. The number of fused-ring (bicyclic) bond motifs is 2. The standard InChI is InChI=1S/C21H17F2N5O/c22-12-8-9-19(15(23)10-12)28-18-7-3-6-16(14(18)11-24-28)25-21(29)20-13-4-1-2-5-17(13)26-27-20/h1-2,4-5,8-11,16H,3,6-7H2,(H,25,29)(H,26,27). The summed E-state index contributed by atoms with van der Waals surface area (Å²) in [6, 6.07) is 10.6. The van der Waals surface area contributed by atoms with Crippen LogP contribution < -0.4 is 5.32 Å². The number of aromatic nitrogens is 4. The Morgan fingerprint density at radius 3 is 2.93 bits per heavy atom. The molecular formula is C21H17F2N5O. The van der Waals surface area contributed by atoms with E-state index in [1.54, 1.807) is 6.20 Å². The van der Waals surface area contributed by atoms with E-state index >= 15 is 0 Å². The molecule has 2 heterocycles. The number of nitrogens with zero attached hydrogens (tertiary/aromatic N) is 3. The highest BCUT2D eigenvalue weighted by Crippen LogP contribution is 2.32. The molecule has 5 rings (SSSR count). The highest BCUT2D eigenvalue weighted by Gasteiger charge is 2.28. The zero-order valence-electron chi connectivity index (χ0n) is 15.3. The number of aromatic amines is 1. The van der Waals surface area contributed by atoms with Gasteiger partial charge < -0.3 is 5.32 Å². The summed E-state index contributed by atoms with van der Waals surface area (Å²) >= 11 is 0. The SMILES string of the molecule is O=C(NC1CCCc2c1cnn2-c1ccc(F)cc1F)c1n[nH]c2ccccc12. The molecule has 8 heteroatoms. The number of halogens is 2. The third-order valence-electron chi connectivity index (χ3n) is 5.31. The fraction of sp³-hybridized carbons (Fsp3) is 0.190. The molecule has 1 aliphatic carbocycles. The fourth-order valence-electron chi connectivity index (χ4n) is 3.93. The highest BCUT2D eigenvalue weighted by molar-refractivity contribution is 6.04. The van der Waals surface area contributed by atoms with Crippen LogP contribution in [0.2, 0.25) is 0 Å². The Labute approximate surface area is 164 Å². The number of hydrogen-bond acceptors (Lipinski definition) is 3. The van der Waals surface area contributed by atoms with Gasteiger partial charge in [-0.3, -0.25) is 9.89 Å². The molecule has 0 saturated heterocycles. The Kier molecular flexibility index (Phi) is 4.12. The van der Waals surface area contributed by atoms with Gasteiger partial charge in [0, 0.05) is 22.7 Å². The fourth-order valence-corrected chi connectivity index (χ4v) is 3.93. The van der Waals surface area contributed by atoms with Gasteiger partial charge in [-0.25, -0.2) is 13.5 Å². The van der Waals surface area contributed by atoms with Crippen LogP contribution in [0.5, 0.6) is 0 Å². The van der Waals surface area contributed by atoms with Crippen molar-refractivity contribution in [3.05, 3.63) is 77.2 Å². The second-order valence-electron chi connectivity index (χ2n) is 7.09. The Bertz CT molecular complexity index is 1230. The number of nitrogens with one attached hydrogen (secondary N) is 2. The van der Waals surface area contributed by atoms with E-state index in [1.807, 2.05) is 24.3 Å². The van der Waals surface area contributed by atoms with E-state index in [0.29, 0.717) is 12.1 Å². The lowest BCUT2D eigenvalue weighted by atomic mass is 9.92. The maximum absolute atomic E-state index is 14.2. The third kappa shape index (κ3) is 2.97. The minimum atomic E-state index is -0.676. The molecule has 6 nitrogen and oxygen atoms in total. The summed E-state index contributed by atoms with van der Waals surface area (Å²) in [6.45, 7) is 0. The van der Waals surface area contributed by atoms with E-state index in [9.17, 15) is 13.6 Å². The normalized spacial score (nSPS) is 16.0. The molecule has 0 saturated carbocycles. The van der Waals surface area contributed by atoms with Crippen LogP contribution in [0.15, 0.2) is 48.7 Å². The van der Waals surface area contributed by atoms with Crippen LogP contribution >= 0.6 is 0 Å². The molecule has 146 valence electrons. The molecule has 0 fully saturated rings. The second kappa shape index (κ2) is 6.80. The molecule has 1 amide bonds. The molecule has 0 aliphatic heterocycles. The summed E-state index contributed by atoms with van der Waals surface area (Å²) < 4.78 is 29.0. The van der Waals surface area contributed by atoms with Gasteiger partial charge in [-0.2, -0.15) is 10.2 Å². The van der Waals surface area contributed by atoms with Crippen molar-refractivity contribution in [2.24, 2.45) is 0 Å². The van der Waals surface area contributed by atoms with E-state index in [1.165, 1.54) is 16.8 Å². The van der Waals surface area contributed by atoms with Crippen molar-refractivity contribution in [3.8, 4) is 5.69 Å². The van der Waals surface area contributed by atoms with E-state index < -0.39 is 11.6 Å². The van der Waals surface area contributed by atoms with Crippen molar-refractivity contribution in [1.29, 1.82) is 0 Å². The van der Waals surface area contributed by atoms with Crippen LogP contribution in [-0.4, -0.2) is 25.9 Å². The summed E-state index contributed by atoms with van der Waals surface area (Å²) in [5, 5.41) is 15.1. The van der Waals surface area contributed by atoms with Crippen LogP contribution in [0, 0.1) is 11.6 Å². The molecule has 2 aromatic heterocycles. The first-order valence-corrected chi connectivity index (χ1v) is 9.38. The molecule has 4 aromatic rings.